The number of halogens is 1. The number of anilines is 4. The molecule has 3 rings (SSSR count). The molecule has 0 aliphatic carbocycles. The molecule has 0 atom stereocenters. The maximum atomic E-state index is 12.2. The van der Waals surface area contributed by atoms with Crippen LogP contribution in [0.15, 0.2) is 48.5 Å². The van der Waals surface area contributed by atoms with E-state index in [0.29, 0.717) is 34.6 Å². The van der Waals surface area contributed by atoms with Gasteiger partial charge in [-0.1, -0.05) is 29.8 Å². The summed E-state index contributed by atoms with van der Waals surface area (Å²) in [4.78, 5) is 21.1. The van der Waals surface area contributed by atoms with Crippen LogP contribution in [0.5, 0.6) is 0 Å². The van der Waals surface area contributed by atoms with Crippen LogP contribution in [0.1, 0.15) is 28.5 Å². The summed E-state index contributed by atoms with van der Waals surface area (Å²) in [6.07, 6.45) is 0. The Hall–Kier alpha value is -3.12. The first-order valence-corrected chi connectivity index (χ1v) is 9.26. The molecule has 1 heterocycles. The number of aromatic nitrogens is 2. The van der Waals surface area contributed by atoms with E-state index in [9.17, 15) is 4.79 Å². The van der Waals surface area contributed by atoms with Crippen molar-refractivity contribution in [3.05, 3.63) is 70.4 Å². The van der Waals surface area contributed by atoms with Crippen LogP contribution in [0.3, 0.4) is 0 Å². The van der Waals surface area contributed by atoms with Crippen LogP contribution >= 0.6 is 11.6 Å². The Morgan fingerprint density at radius 2 is 1.82 bits per heavy atom. The molecule has 0 fully saturated rings. The Kier molecular flexibility index (Phi) is 6.11. The summed E-state index contributed by atoms with van der Waals surface area (Å²) < 4.78 is 5.11. The van der Waals surface area contributed by atoms with E-state index >= 15 is 0 Å². The standard InChI is InChI=1S/C21H21ClN4O2/c1-4-28-20(27)16-7-5-6-8-17(16)25-21-23-14(3)11-19(26-21)24-18-12-15(22)10-9-13(18)2/h5-12H,4H2,1-3H3,(H2,23,24,25,26). The Labute approximate surface area is 168 Å². The van der Waals surface area contributed by atoms with E-state index < -0.39 is 5.97 Å². The maximum Gasteiger partial charge on any atom is 0.340 e. The first-order chi connectivity index (χ1) is 13.5. The SMILES string of the molecule is CCOC(=O)c1ccccc1Nc1nc(C)cc(Nc2cc(Cl)ccc2C)n1. The van der Waals surface area contributed by atoms with E-state index in [1.165, 1.54) is 0 Å². The van der Waals surface area contributed by atoms with Crippen LogP contribution in [-0.2, 0) is 4.74 Å². The van der Waals surface area contributed by atoms with Gasteiger partial charge in [-0.05, 0) is 50.6 Å². The minimum Gasteiger partial charge on any atom is -0.462 e. The van der Waals surface area contributed by atoms with Crippen molar-refractivity contribution in [1.82, 2.24) is 9.97 Å². The number of carbonyl (C=O) groups excluding carboxylic acids is 1. The minimum absolute atomic E-state index is 0.307. The number of para-hydroxylation sites is 1. The lowest BCUT2D eigenvalue weighted by Gasteiger charge is -2.13. The molecular formula is C21H21ClN4O2. The molecule has 1 aromatic heterocycles. The second-order valence-corrected chi connectivity index (χ2v) is 6.63. The Balaban J connectivity index is 1.89. The zero-order valence-corrected chi connectivity index (χ0v) is 16.7. The second kappa shape index (κ2) is 8.71. The number of esters is 1. The van der Waals surface area contributed by atoms with E-state index in [4.69, 9.17) is 16.3 Å². The summed E-state index contributed by atoms with van der Waals surface area (Å²) in [5.41, 5.74) is 3.69. The third kappa shape index (κ3) is 4.78. The summed E-state index contributed by atoms with van der Waals surface area (Å²) in [5.74, 6) is 0.596. The third-order valence-corrected chi connectivity index (χ3v) is 4.22. The van der Waals surface area contributed by atoms with Gasteiger partial charge in [-0.3, -0.25) is 0 Å². The van der Waals surface area contributed by atoms with Gasteiger partial charge in [0, 0.05) is 22.5 Å². The summed E-state index contributed by atoms with van der Waals surface area (Å²) in [6, 6.07) is 14.6. The van der Waals surface area contributed by atoms with Crippen molar-refractivity contribution in [2.45, 2.75) is 20.8 Å². The average Bonchev–Trinajstić information content (AvgIpc) is 2.65. The van der Waals surface area contributed by atoms with E-state index in [0.717, 1.165) is 16.9 Å². The monoisotopic (exact) mass is 396 g/mol. The lowest BCUT2D eigenvalue weighted by atomic mass is 10.2. The van der Waals surface area contributed by atoms with Crippen LogP contribution < -0.4 is 10.6 Å². The maximum absolute atomic E-state index is 12.2. The first-order valence-electron chi connectivity index (χ1n) is 8.88. The number of benzene rings is 2. The number of nitrogens with zero attached hydrogens (tertiary/aromatic N) is 2. The predicted molar refractivity (Wildman–Crippen MR) is 112 cm³/mol. The summed E-state index contributed by atoms with van der Waals surface area (Å²) in [6.45, 7) is 5.94. The molecule has 0 saturated carbocycles. The number of hydrogen-bond donors (Lipinski definition) is 2. The molecule has 0 unspecified atom stereocenters. The molecule has 0 amide bonds. The van der Waals surface area contributed by atoms with Crippen LogP contribution in [0, 0.1) is 13.8 Å². The van der Waals surface area contributed by atoms with Crippen LogP contribution in [-0.4, -0.2) is 22.5 Å². The van der Waals surface area contributed by atoms with Crippen molar-refractivity contribution in [2.24, 2.45) is 0 Å². The van der Waals surface area contributed by atoms with E-state index in [-0.39, 0.29) is 0 Å². The van der Waals surface area contributed by atoms with Crippen LogP contribution in [0.25, 0.3) is 0 Å². The molecule has 2 aromatic carbocycles. The Morgan fingerprint density at radius 3 is 2.61 bits per heavy atom. The summed E-state index contributed by atoms with van der Waals surface area (Å²) in [5, 5.41) is 7.03. The highest BCUT2D eigenvalue weighted by molar-refractivity contribution is 6.30. The highest BCUT2D eigenvalue weighted by atomic mass is 35.5. The molecule has 0 radical (unpaired) electrons. The normalized spacial score (nSPS) is 10.4. The van der Waals surface area contributed by atoms with Crippen LogP contribution in [0.2, 0.25) is 5.02 Å². The fourth-order valence-corrected chi connectivity index (χ4v) is 2.83. The molecule has 0 bridgehead atoms. The van der Waals surface area contributed by atoms with E-state index in [2.05, 4.69) is 20.6 Å². The average molecular weight is 397 g/mol. The van der Waals surface area contributed by atoms with Gasteiger partial charge in [-0.2, -0.15) is 4.98 Å². The zero-order valence-electron chi connectivity index (χ0n) is 15.9. The molecule has 6 nitrogen and oxygen atoms in total. The van der Waals surface area contributed by atoms with Crippen molar-refractivity contribution < 1.29 is 9.53 Å². The van der Waals surface area contributed by atoms with E-state index in [1.54, 1.807) is 25.1 Å². The lowest BCUT2D eigenvalue weighted by molar-refractivity contribution is 0.0527. The number of rotatable bonds is 6. The van der Waals surface area contributed by atoms with Gasteiger partial charge in [-0.15, -0.1) is 0 Å². The number of hydrogen-bond acceptors (Lipinski definition) is 6. The second-order valence-electron chi connectivity index (χ2n) is 6.19. The van der Waals surface area contributed by atoms with Gasteiger partial charge >= 0.3 is 5.97 Å². The summed E-state index contributed by atoms with van der Waals surface area (Å²) in [7, 11) is 0. The molecular weight excluding hydrogens is 376 g/mol. The molecule has 28 heavy (non-hydrogen) atoms. The fraction of sp³-hybridized carbons (Fsp3) is 0.190. The molecule has 0 spiro atoms. The predicted octanol–water partition coefficient (Wildman–Crippen LogP) is 5.41. The molecule has 3 aromatic rings. The van der Waals surface area contributed by atoms with Crippen LogP contribution in [0.4, 0.5) is 23.1 Å². The fourth-order valence-electron chi connectivity index (χ4n) is 2.65. The summed E-state index contributed by atoms with van der Waals surface area (Å²) >= 11 is 6.10. The van der Waals surface area contributed by atoms with Crippen molar-refractivity contribution in [3.63, 3.8) is 0 Å². The zero-order chi connectivity index (χ0) is 20.1. The molecule has 0 saturated heterocycles. The van der Waals surface area contributed by atoms with Crippen molar-refractivity contribution in [3.8, 4) is 0 Å². The lowest BCUT2D eigenvalue weighted by Crippen LogP contribution is -2.09. The van der Waals surface area contributed by atoms with Crippen molar-refractivity contribution in [2.75, 3.05) is 17.2 Å². The van der Waals surface area contributed by atoms with Gasteiger partial charge in [0.25, 0.3) is 0 Å². The molecule has 2 N–H and O–H groups in total. The smallest absolute Gasteiger partial charge is 0.340 e. The highest BCUT2D eigenvalue weighted by Crippen LogP contribution is 2.25. The largest absolute Gasteiger partial charge is 0.462 e. The topological polar surface area (TPSA) is 76.1 Å². The van der Waals surface area contributed by atoms with Gasteiger partial charge in [0.05, 0.1) is 17.9 Å². The third-order valence-electron chi connectivity index (χ3n) is 3.99. The number of carbonyl (C=O) groups is 1. The first kappa shape index (κ1) is 19.6. The van der Waals surface area contributed by atoms with E-state index in [1.807, 2.05) is 44.2 Å². The van der Waals surface area contributed by atoms with Crippen molar-refractivity contribution in [1.29, 1.82) is 0 Å². The number of nitrogens with one attached hydrogen (secondary N) is 2. The van der Waals surface area contributed by atoms with Gasteiger partial charge in [0.15, 0.2) is 0 Å². The van der Waals surface area contributed by atoms with Gasteiger partial charge < -0.3 is 15.4 Å². The Bertz CT molecular complexity index is 1010. The number of aryl methyl sites for hydroxylation is 2. The van der Waals surface area contributed by atoms with Gasteiger partial charge in [0.2, 0.25) is 5.95 Å². The molecule has 7 heteroatoms. The molecule has 144 valence electrons. The Morgan fingerprint density at radius 1 is 1.04 bits per heavy atom. The quantitative estimate of drug-likeness (QED) is 0.542. The molecule has 0 aliphatic rings. The highest BCUT2D eigenvalue weighted by Gasteiger charge is 2.13. The number of ether oxygens (including phenoxy) is 1. The van der Waals surface area contributed by atoms with Gasteiger partial charge in [0.1, 0.15) is 5.82 Å². The minimum atomic E-state index is -0.397. The van der Waals surface area contributed by atoms with Crippen molar-refractivity contribution >= 4 is 40.7 Å². The van der Waals surface area contributed by atoms with Gasteiger partial charge in [-0.25, -0.2) is 9.78 Å². The molecule has 0 aliphatic heterocycles.